The molecule has 14 heavy (non-hydrogen) atoms. The second kappa shape index (κ2) is 4.89. The van der Waals surface area contributed by atoms with Crippen LogP contribution >= 0.6 is 11.3 Å². The molecule has 1 aliphatic rings. The highest BCUT2D eigenvalue weighted by molar-refractivity contribution is 7.09. The van der Waals surface area contributed by atoms with Gasteiger partial charge in [0, 0.05) is 10.8 Å². The quantitative estimate of drug-likeness (QED) is 0.811. The Hall–Kier alpha value is -0.410. The van der Waals surface area contributed by atoms with Crippen LogP contribution in [0.5, 0.6) is 0 Å². The summed E-state index contributed by atoms with van der Waals surface area (Å²) in [5.41, 5.74) is 3.40. The molecule has 1 aliphatic heterocycles. The Morgan fingerprint density at radius 1 is 1.50 bits per heavy atom. The highest BCUT2D eigenvalue weighted by Gasteiger charge is 2.18. The standard InChI is InChI=1S/C11H18N2S/c1-2-10-11(13-8-14-10)9-4-3-6-12-7-5-9/h8-9,12H,2-7H2,1H3. The smallest absolute Gasteiger partial charge is 0.0797 e. The fourth-order valence-corrected chi connectivity index (χ4v) is 2.97. The Bertz CT molecular complexity index is 275. The highest BCUT2D eigenvalue weighted by Crippen LogP contribution is 2.29. The maximum Gasteiger partial charge on any atom is 0.0797 e. The largest absolute Gasteiger partial charge is 0.317 e. The van der Waals surface area contributed by atoms with E-state index in [0.29, 0.717) is 5.92 Å². The molecule has 1 atom stereocenters. The molecule has 0 amide bonds. The van der Waals surface area contributed by atoms with E-state index >= 15 is 0 Å². The van der Waals surface area contributed by atoms with Gasteiger partial charge in [0.2, 0.25) is 0 Å². The van der Waals surface area contributed by atoms with E-state index in [1.807, 2.05) is 16.8 Å². The first-order valence-corrected chi connectivity index (χ1v) is 6.42. The third-order valence-electron chi connectivity index (χ3n) is 2.96. The summed E-state index contributed by atoms with van der Waals surface area (Å²) in [4.78, 5) is 6.04. The van der Waals surface area contributed by atoms with Crippen molar-refractivity contribution in [3.63, 3.8) is 0 Å². The van der Waals surface area contributed by atoms with Crippen molar-refractivity contribution < 1.29 is 0 Å². The van der Waals surface area contributed by atoms with Gasteiger partial charge in [0.1, 0.15) is 0 Å². The third kappa shape index (κ3) is 2.15. The van der Waals surface area contributed by atoms with Gasteiger partial charge in [0.05, 0.1) is 11.2 Å². The number of hydrogen-bond donors (Lipinski definition) is 1. The molecular formula is C11H18N2S. The van der Waals surface area contributed by atoms with Crippen LogP contribution in [-0.2, 0) is 6.42 Å². The van der Waals surface area contributed by atoms with Crippen molar-refractivity contribution >= 4 is 11.3 Å². The normalized spacial score (nSPS) is 23.4. The van der Waals surface area contributed by atoms with Crippen LogP contribution in [0.25, 0.3) is 0 Å². The van der Waals surface area contributed by atoms with Crippen LogP contribution in [0.2, 0.25) is 0 Å². The van der Waals surface area contributed by atoms with Crippen molar-refractivity contribution in [2.24, 2.45) is 0 Å². The number of thiazole rings is 1. The lowest BCUT2D eigenvalue weighted by Crippen LogP contribution is -2.14. The van der Waals surface area contributed by atoms with E-state index in [-0.39, 0.29) is 0 Å². The van der Waals surface area contributed by atoms with Gasteiger partial charge in [-0.2, -0.15) is 0 Å². The maximum atomic E-state index is 4.54. The molecule has 2 heterocycles. The molecule has 2 rings (SSSR count). The van der Waals surface area contributed by atoms with Crippen molar-refractivity contribution in [3.8, 4) is 0 Å². The van der Waals surface area contributed by atoms with Crippen LogP contribution in [-0.4, -0.2) is 18.1 Å². The highest BCUT2D eigenvalue weighted by atomic mass is 32.1. The lowest BCUT2D eigenvalue weighted by Gasteiger charge is -2.12. The molecule has 1 N–H and O–H groups in total. The summed E-state index contributed by atoms with van der Waals surface area (Å²) >= 11 is 1.82. The van der Waals surface area contributed by atoms with Crippen LogP contribution < -0.4 is 5.32 Å². The van der Waals surface area contributed by atoms with E-state index in [9.17, 15) is 0 Å². The van der Waals surface area contributed by atoms with Crippen molar-refractivity contribution in [3.05, 3.63) is 16.1 Å². The molecule has 1 fully saturated rings. The summed E-state index contributed by atoms with van der Waals surface area (Å²) in [6.07, 6.45) is 5.01. The van der Waals surface area contributed by atoms with Crippen molar-refractivity contribution in [1.82, 2.24) is 10.3 Å². The third-order valence-corrected chi connectivity index (χ3v) is 3.95. The van der Waals surface area contributed by atoms with Gasteiger partial charge in [0.15, 0.2) is 0 Å². The summed E-state index contributed by atoms with van der Waals surface area (Å²) in [6.45, 7) is 4.57. The molecule has 1 aromatic heterocycles. The molecule has 3 heteroatoms. The molecule has 0 saturated carbocycles. The monoisotopic (exact) mass is 210 g/mol. The SMILES string of the molecule is CCc1scnc1C1CCCNCC1. The van der Waals surface area contributed by atoms with Gasteiger partial charge in [-0.05, 0) is 38.8 Å². The predicted octanol–water partition coefficient (Wildman–Crippen LogP) is 2.56. The van der Waals surface area contributed by atoms with E-state index in [0.717, 1.165) is 13.0 Å². The number of nitrogens with zero attached hydrogens (tertiary/aromatic N) is 1. The Labute approximate surface area is 89.8 Å². The maximum absolute atomic E-state index is 4.54. The van der Waals surface area contributed by atoms with Crippen molar-refractivity contribution in [2.75, 3.05) is 13.1 Å². The minimum absolute atomic E-state index is 0.714. The average molecular weight is 210 g/mol. The molecule has 78 valence electrons. The zero-order chi connectivity index (χ0) is 9.80. The summed E-state index contributed by atoms with van der Waals surface area (Å²) in [6, 6.07) is 0. The van der Waals surface area contributed by atoms with Gasteiger partial charge < -0.3 is 5.32 Å². The zero-order valence-corrected chi connectivity index (χ0v) is 9.57. The first-order valence-electron chi connectivity index (χ1n) is 5.54. The molecule has 0 radical (unpaired) electrons. The first-order chi connectivity index (χ1) is 6.92. The lowest BCUT2D eigenvalue weighted by atomic mass is 9.96. The Balaban J connectivity index is 2.11. The topological polar surface area (TPSA) is 24.9 Å². The Morgan fingerprint density at radius 3 is 3.29 bits per heavy atom. The minimum atomic E-state index is 0.714. The van der Waals surface area contributed by atoms with Crippen LogP contribution in [0.3, 0.4) is 0 Å². The molecule has 0 bridgehead atoms. The molecule has 0 spiro atoms. The fraction of sp³-hybridized carbons (Fsp3) is 0.727. The van der Waals surface area contributed by atoms with Gasteiger partial charge in [-0.25, -0.2) is 4.98 Å². The second-order valence-electron chi connectivity index (χ2n) is 3.89. The summed E-state index contributed by atoms with van der Waals surface area (Å²) < 4.78 is 0. The summed E-state index contributed by atoms with van der Waals surface area (Å²) in [5.74, 6) is 0.714. The summed E-state index contributed by atoms with van der Waals surface area (Å²) in [7, 11) is 0. The fourth-order valence-electron chi connectivity index (χ4n) is 2.17. The number of aryl methyl sites for hydroxylation is 1. The van der Waals surface area contributed by atoms with Crippen LogP contribution in [0, 0.1) is 0 Å². The van der Waals surface area contributed by atoms with Crippen molar-refractivity contribution in [1.29, 1.82) is 0 Å². The molecule has 2 nitrogen and oxygen atoms in total. The van der Waals surface area contributed by atoms with Crippen molar-refractivity contribution in [2.45, 2.75) is 38.5 Å². The number of hydrogen-bond acceptors (Lipinski definition) is 3. The van der Waals surface area contributed by atoms with Gasteiger partial charge in [-0.1, -0.05) is 6.92 Å². The summed E-state index contributed by atoms with van der Waals surface area (Å²) in [5, 5.41) is 3.45. The van der Waals surface area contributed by atoms with E-state index < -0.39 is 0 Å². The average Bonchev–Trinajstić information content (AvgIpc) is 2.52. The molecule has 1 aromatic rings. The molecular weight excluding hydrogens is 192 g/mol. The van der Waals surface area contributed by atoms with E-state index in [1.54, 1.807) is 0 Å². The Morgan fingerprint density at radius 2 is 2.43 bits per heavy atom. The minimum Gasteiger partial charge on any atom is -0.317 e. The Kier molecular flexibility index (Phi) is 3.54. The number of nitrogens with one attached hydrogen (secondary N) is 1. The van der Waals surface area contributed by atoms with Gasteiger partial charge in [0.25, 0.3) is 0 Å². The van der Waals surface area contributed by atoms with E-state index in [2.05, 4.69) is 17.2 Å². The van der Waals surface area contributed by atoms with E-state index in [4.69, 9.17) is 0 Å². The predicted molar refractivity (Wildman–Crippen MR) is 61.0 cm³/mol. The van der Waals surface area contributed by atoms with Gasteiger partial charge >= 0.3 is 0 Å². The molecule has 0 aromatic carbocycles. The molecule has 1 unspecified atom stereocenters. The molecule has 1 saturated heterocycles. The van der Waals surface area contributed by atoms with Crippen LogP contribution in [0.15, 0.2) is 5.51 Å². The first kappa shape index (κ1) is 10.1. The lowest BCUT2D eigenvalue weighted by molar-refractivity contribution is 0.592. The van der Waals surface area contributed by atoms with Gasteiger partial charge in [-0.15, -0.1) is 11.3 Å². The van der Waals surface area contributed by atoms with E-state index in [1.165, 1.54) is 36.4 Å². The number of aromatic nitrogens is 1. The zero-order valence-electron chi connectivity index (χ0n) is 8.75. The van der Waals surface area contributed by atoms with Crippen LogP contribution in [0.4, 0.5) is 0 Å². The second-order valence-corrected chi connectivity index (χ2v) is 4.83. The molecule has 0 aliphatic carbocycles. The number of rotatable bonds is 2. The van der Waals surface area contributed by atoms with Crippen LogP contribution in [0.1, 0.15) is 42.7 Å². The van der Waals surface area contributed by atoms with Gasteiger partial charge in [-0.3, -0.25) is 0 Å².